The third kappa shape index (κ3) is 0.884. The summed E-state index contributed by atoms with van der Waals surface area (Å²) in [6, 6.07) is 6.57. The van der Waals surface area contributed by atoms with Gasteiger partial charge in [0.15, 0.2) is 0 Å². The van der Waals surface area contributed by atoms with E-state index in [2.05, 4.69) is 30.4 Å². The average Bonchev–Trinajstić information content (AvgIpc) is 2.44. The van der Waals surface area contributed by atoms with Gasteiger partial charge in [0.05, 0.1) is 12.0 Å². The Morgan fingerprint density at radius 1 is 1.43 bits per heavy atom. The molecule has 14 heavy (non-hydrogen) atoms. The molecule has 1 aromatic carbocycles. The van der Waals surface area contributed by atoms with Crippen molar-refractivity contribution in [1.29, 1.82) is 0 Å². The van der Waals surface area contributed by atoms with Crippen LogP contribution in [0, 0.1) is 6.92 Å². The van der Waals surface area contributed by atoms with Crippen LogP contribution in [0.3, 0.4) is 0 Å². The zero-order valence-electron chi connectivity index (χ0n) is 8.26. The quantitative estimate of drug-likeness (QED) is 0.615. The summed E-state index contributed by atoms with van der Waals surface area (Å²) in [7, 11) is 0. The molecule has 1 fully saturated rings. The molecule has 1 atom stereocenters. The van der Waals surface area contributed by atoms with Crippen LogP contribution in [-0.4, -0.2) is 5.91 Å². The molecule has 1 aliphatic heterocycles. The Kier molecular flexibility index (Phi) is 1.37. The molecule has 2 nitrogen and oxygen atoms in total. The van der Waals surface area contributed by atoms with Crippen molar-refractivity contribution < 1.29 is 4.79 Å². The Bertz CT molecular complexity index is 414. The molecule has 72 valence electrons. The predicted molar refractivity (Wildman–Crippen MR) is 53.9 cm³/mol. The first-order valence-electron chi connectivity index (χ1n) is 5.11. The van der Waals surface area contributed by atoms with Crippen molar-refractivity contribution >= 4 is 5.91 Å². The molecular weight excluding hydrogens is 174 g/mol. The SMILES string of the molecule is Cc1ccc2c(c1)C1(CC2)CC(=O)N1. The molecule has 3 rings (SSSR count). The van der Waals surface area contributed by atoms with Crippen molar-refractivity contribution in [1.82, 2.24) is 5.32 Å². The number of β-lactam (4-membered cyclic amide) rings is 1. The number of amides is 1. The van der Waals surface area contributed by atoms with E-state index in [1.54, 1.807) is 0 Å². The molecule has 1 amide bonds. The highest BCUT2D eigenvalue weighted by atomic mass is 16.2. The lowest BCUT2D eigenvalue weighted by Crippen LogP contribution is -2.57. The van der Waals surface area contributed by atoms with Gasteiger partial charge >= 0.3 is 0 Å². The molecule has 1 aliphatic carbocycles. The molecule has 0 radical (unpaired) electrons. The van der Waals surface area contributed by atoms with Crippen LogP contribution in [0.2, 0.25) is 0 Å². The van der Waals surface area contributed by atoms with Crippen LogP contribution in [0.15, 0.2) is 18.2 Å². The molecule has 1 spiro atoms. The highest BCUT2D eigenvalue weighted by Crippen LogP contribution is 2.44. The third-order valence-corrected chi connectivity index (χ3v) is 3.44. The lowest BCUT2D eigenvalue weighted by molar-refractivity contribution is -0.133. The van der Waals surface area contributed by atoms with E-state index in [4.69, 9.17) is 0 Å². The van der Waals surface area contributed by atoms with Crippen LogP contribution in [0.5, 0.6) is 0 Å². The predicted octanol–water partition coefficient (Wildman–Crippen LogP) is 1.66. The molecule has 0 bridgehead atoms. The smallest absolute Gasteiger partial charge is 0.223 e. The van der Waals surface area contributed by atoms with Gasteiger partial charge in [0.1, 0.15) is 0 Å². The number of hydrogen-bond donors (Lipinski definition) is 1. The second-order valence-corrected chi connectivity index (χ2v) is 4.47. The number of hydrogen-bond acceptors (Lipinski definition) is 1. The van der Waals surface area contributed by atoms with Crippen molar-refractivity contribution in [3.05, 3.63) is 34.9 Å². The number of carbonyl (C=O) groups is 1. The summed E-state index contributed by atoms with van der Waals surface area (Å²) in [6.07, 6.45) is 2.87. The number of aryl methyl sites for hydroxylation is 2. The van der Waals surface area contributed by atoms with E-state index in [-0.39, 0.29) is 11.4 Å². The topological polar surface area (TPSA) is 29.1 Å². The fourth-order valence-corrected chi connectivity index (χ4v) is 2.67. The monoisotopic (exact) mass is 187 g/mol. The van der Waals surface area contributed by atoms with Crippen molar-refractivity contribution in [2.75, 3.05) is 0 Å². The second-order valence-electron chi connectivity index (χ2n) is 4.47. The largest absolute Gasteiger partial charge is 0.346 e. The van der Waals surface area contributed by atoms with Gasteiger partial charge in [-0.2, -0.15) is 0 Å². The number of fused-ring (bicyclic) bond motifs is 2. The molecule has 1 saturated heterocycles. The maximum absolute atomic E-state index is 11.0. The van der Waals surface area contributed by atoms with Gasteiger partial charge in [-0.15, -0.1) is 0 Å². The minimum Gasteiger partial charge on any atom is -0.346 e. The van der Waals surface area contributed by atoms with Gasteiger partial charge in [0, 0.05) is 0 Å². The summed E-state index contributed by atoms with van der Waals surface area (Å²) < 4.78 is 0. The Hall–Kier alpha value is -1.31. The van der Waals surface area contributed by atoms with Gasteiger partial charge < -0.3 is 5.32 Å². The Morgan fingerprint density at radius 3 is 2.93 bits per heavy atom. The number of carbonyl (C=O) groups excluding carboxylic acids is 1. The van der Waals surface area contributed by atoms with Crippen molar-refractivity contribution in [2.24, 2.45) is 0 Å². The van der Waals surface area contributed by atoms with Crippen molar-refractivity contribution in [3.63, 3.8) is 0 Å². The Labute approximate surface area is 83.3 Å². The van der Waals surface area contributed by atoms with E-state index in [1.165, 1.54) is 16.7 Å². The first-order chi connectivity index (χ1) is 6.70. The summed E-state index contributed by atoms with van der Waals surface area (Å²) in [4.78, 5) is 11.0. The minimum atomic E-state index is 0.0123. The van der Waals surface area contributed by atoms with Crippen LogP contribution in [0.25, 0.3) is 0 Å². The van der Waals surface area contributed by atoms with Crippen LogP contribution < -0.4 is 5.32 Å². The fraction of sp³-hybridized carbons (Fsp3) is 0.417. The summed E-state index contributed by atoms with van der Waals surface area (Å²) in [6.45, 7) is 2.10. The Morgan fingerprint density at radius 2 is 2.21 bits per heavy atom. The number of rotatable bonds is 0. The van der Waals surface area contributed by atoms with Crippen LogP contribution in [-0.2, 0) is 16.8 Å². The molecule has 1 unspecified atom stereocenters. The first kappa shape index (κ1) is 8.04. The van der Waals surface area contributed by atoms with E-state index in [1.807, 2.05) is 0 Å². The molecular formula is C12H13NO. The molecule has 0 saturated carbocycles. The van der Waals surface area contributed by atoms with E-state index < -0.39 is 0 Å². The Balaban J connectivity index is 2.09. The highest BCUT2D eigenvalue weighted by Gasteiger charge is 2.48. The molecule has 1 aromatic rings. The average molecular weight is 187 g/mol. The number of nitrogens with one attached hydrogen (secondary N) is 1. The van der Waals surface area contributed by atoms with E-state index >= 15 is 0 Å². The minimum absolute atomic E-state index is 0.0123. The van der Waals surface area contributed by atoms with Gasteiger partial charge in [-0.05, 0) is 30.9 Å². The van der Waals surface area contributed by atoms with Gasteiger partial charge in [-0.25, -0.2) is 0 Å². The van der Waals surface area contributed by atoms with Crippen LogP contribution >= 0.6 is 0 Å². The normalized spacial score (nSPS) is 28.5. The highest BCUT2D eigenvalue weighted by molar-refractivity contribution is 5.86. The summed E-state index contributed by atoms with van der Waals surface area (Å²) in [5.74, 6) is 0.194. The fourth-order valence-electron chi connectivity index (χ4n) is 2.67. The van der Waals surface area contributed by atoms with Crippen LogP contribution in [0.4, 0.5) is 0 Å². The summed E-state index contributed by atoms with van der Waals surface area (Å²) >= 11 is 0. The molecule has 1 heterocycles. The zero-order valence-corrected chi connectivity index (χ0v) is 8.26. The van der Waals surface area contributed by atoms with E-state index in [9.17, 15) is 4.79 Å². The van der Waals surface area contributed by atoms with Crippen molar-refractivity contribution in [2.45, 2.75) is 31.7 Å². The second kappa shape index (κ2) is 2.38. The molecule has 1 N–H and O–H groups in total. The third-order valence-electron chi connectivity index (χ3n) is 3.44. The van der Waals surface area contributed by atoms with Gasteiger partial charge in [0.25, 0.3) is 0 Å². The van der Waals surface area contributed by atoms with Gasteiger partial charge in [-0.1, -0.05) is 23.8 Å². The summed E-state index contributed by atoms with van der Waals surface area (Å²) in [5.41, 5.74) is 4.07. The lowest BCUT2D eigenvalue weighted by Gasteiger charge is -2.40. The lowest BCUT2D eigenvalue weighted by atomic mass is 9.81. The zero-order chi connectivity index (χ0) is 9.76. The van der Waals surface area contributed by atoms with Gasteiger partial charge in [-0.3, -0.25) is 4.79 Å². The van der Waals surface area contributed by atoms with E-state index in [0.29, 0.717) is 6.42 Å². The van der Waals surface area contributed by atoms with E-state index in [0.717, 1.165) is 12.8 Å². The maximum Gasteiger partial charge on any atom is 0.223 e. The maximum atomic E-state index is 11.0. The first-order valence-corrected chi connectivity index (χ1v) is 5.11. The van der Waals surface area contributed by atoms with Crippen LogP contribution in [0.1, 0.15) is 29.5 Å². The molecule has 2 heteroatoms. The number of benzene rings is 1. The molecule has 0 aromatic heterocycles. The standard InChI is InChI=1S/C12H13NO/c1-8-2-3-9-4-5-12(10(9)6-8)7-11(14)13-12/h2-3,6H,4-5,7H2,1H3,(H,13,14). The van der Waals surface area contributed by atoms with Gasteiger partial charge in [0.2, 0.25) is 5.91 Å². The molecule has 2 aliphatic rings. The summed E-state index contributed by atoms with van der Waals surface area (Å²) in [5, 5.41) is 3.06. The van der Waals surface area contributed by atoms with Crippen molar-refractivity contribution in [3.8, 4) is 0 Å².